The molecule has 1 amide bonds. The number of fused-ring (bicyclic) bond motifs is 1. The smallest absolute Gasteiger partial charge is 0.229 e. The van der Waals surface area contributed by atoms with Crippen LogP contribution in [0.25, 0.3) is 10.2 Å². The van der Waals surface area contributed by atoms with Crippen molar-refractivity contribution in [2.45, 2.75) is 6.42 Å². The van der Waals surface area contributed by atoms with Crippen LogP contribution in [-0.2, 0) is 4.79 Å². The molecular weight excluding hydrogens is 275 g/mol. The molecular formula is C12H10ClFN2OS. The van der Waals surface area contributed by atoms with Crippen LogP contribution in [0.2, 0.25) is 0 Å². The molecule has 1 atom stereocenters. The van der Waals surface area contributed by atoms with E-state index in [0.29, 0.717) is 24.0 Å². The molecule has 0 radical (unpaired) electrons. The van der Waals surface area contributed by atoms with Crippen molar-refractivity contribution in [3.63, 3.8) is 0 Å². The molecule has 6 heteroatoms. The number of carbonyl (C=O) groups excluding carboxylic acids is 1. The molecule has 0 saturated carbocycles. The van der Waals surface area contributed by atoms with Crippen LogP contribution in [0, 0.1) is 11.7 Å². The molecule has 18 heavy (non-hydrogen) atoms. The molecule has 1 aliphatic heterocycles. The number of anilines is 1. The van der Waals surface area contributed by atoms with Gasteiger partial charge < -0.3 is 0 Å². The highest BCUT2D eigenvalue weighted by molar-refractivity contribution is 7.22. The van der Waals surface area contributed by atoms with Gasteiger partial charge in [0.2, 0.25) is 5.91 Å². The van der Waals surface area contributed by atoms with E-state index < -0.39 is 0 Å². The van der Waals surface area contributed by atoms with Gasteiger partial charge in [-0.1, -0.05) is 11.3 Å². The predicted octanol–water partition coefficient (Wildman–Crippen LogP) is 3.03. The van der Waals surface area contributed by atoms with Crippen LogP contribution in [0.4, 0.5) is 9.52 Å². The van der Waals surface area contributed by atoms with E-state index in [9.17, 15) is 9.18 Å². The molecule has 2 aromatic rings. The summed E-state index contributed by atoms with van der Waals surface area (Å²) < 4.78 is 13.9. The number of carbonyl (C=O) groups is 1. The fourth-order valence-corrected chi connectivity index (χ4v) is 3.30. The monoisotopic (exact) mass is 284 g/mol. The zero-order valence-electron chi connectivity index (χ0n) is 9.40. The van der Waals surface area contributed by atoms with E-state index in [4.69, 9.17) is 11.6 Å². The second-order valence-electron chi connectivity index (χ2n) is 4.34. The van der Waals surface area contributed by atoms with Crippen molar-refractivity contribution in [3.8, 4) is 0 Å². The van der Waals surface area contributed by atoms with Gasteiger partial charge in [-0.05, 0) is 24.1 Å². The molecule has 0 bridgehead atoms. The van der Waals surface area contributed by atoms with E-state index in [0.717, 1.165) is 10.2 Å². The first-order chi connectivity index (χ1) is 8.67. The molecule has 1 aromatic heterocycles. The van der Waals surface area contributed by atoms with Gasteiger partial charge in [-0.2, -0.15) is 0 Å². The lowest BCUT2D eigenvalue weighted by molar-refractivity contribution is -0.117. The molecule has 0 aliphatic carbocycles. The maximum absolute atomic E-state index is 13.1. The summed E-state index contributed by atoms with van der Waals surface area (Å²) >= 11 is 7.12. The Bertz CT molecular complexity index is 615. The van der Waals surface area contributed by atoms with Crippen LogP contribution in [0.1, 0.15) is 6.42 Å². The Balaban J connectivity index is 1.97. The minimum Gasteiger partial charge on any atom is -0.288 e. The summed E-state index contributed by atoms with van der Waals surface area (Å²) in [4.78, 5) is 17.9. The van der Waals surface area contributed by atoms with E-state index in [-0.39, 0.29) is 17.6 Å². The van der Waals surface area contributed by atoms with Crippen molar-refractivity contribution in [2.75, 3.05) is 17.3 Å². The third kappa shape index (κ3) is 1.97. The number of rotatable bonds is 2. The van der Waals surface area contributed by atoms with E-state index in [2.05, 4.69) is 4.98 Å². The minimum absolute atomic E-state index is 0.0418. The number of hydrogen-bond donors (Lipinski definition) is 0. The fraction of sp³-hybridized carbons (Fsp3) is 0.333. The summed E-state index contributed by atoms with van der Waals surface area (Å²) in [5, 5.41) is 0.633. The van der Waals surface area contributed by atoms with Crippen LogP contribution in [0.3, 0.4) is 0 Å². The summed E-state index contributed by atoms with van der Waals surface area (Å²) in [6, 6.07) is 4.44. The molecule has 1 unspecified atom stereocenters. The molecule has 0 spiro atoms. The number of amides is 1. The molecule has 1 fully saturated rings. The Morgan fingerprint density at radius 3 is 3.11 bits per heavy atom. The first-order valence-electron chi connectivity index (χ1n) is 5.60. The maximum atomic E-state index is 13.1. The van der Waals surface area contributed by atoms with Gasteiger partial charge >= 0.3 is 0 Å². The largest absolute Gasteiger partial charge is 0.288 e. The van der Waals surface area contributed by atoms with E-state index in [1.165, 1.54) is 23.5 Å². The van der Waals surface area contributed by atoms with Gasteiger partial charge in [0, 0.05) is 18.8 Å². The first kappa shape index (κ1) is 11.9. The second kappa shape index (κ2) is 4.48. The Morgan fingerprint density at radius 1 is 1.56 bits per heavy atom. The Kier molecular flexibility index (Phi) is 2.95. The molecule has 94 valence electrons. The van der Waals surface area contributed by atoms with E-state index in [1.807, 2.05) is 0 Å². The van der Waals surface area contributed by atoms with Crippen molar-refractivity contribution in [2.24, 2.45) is 5.92 Å². The molecule has 0 N–H and O–H groups in total. The summed E-state index contributed by atoms with van der Waals surface area (Å²) in [5.41, 5.74) is 0.721. The zero-order chi connectivity index (χ0) is 12.7. The van der Waals surface area contributed by atoms with Crippen molar-refractivity contribution in [3.05, 3.63) is 24.0 Å². The van der Waals surface area contributed by atoms with E-state index in [1.54, 1.807) is 11.0 Å². The Labute approximate surface area is 112 Å². The van der Waals surface area contributed by atoms with Crippen molar-refractivity contribution in [1.29, 1.82) is 0 Å². The van der Waals surface area contributed by atoms with Crippen LogP contribution >= 0.6 is 22.9 Å². The van der Waals surface area contributed by atoms with Gasteiger partial charge in [-0.3, -0.25) is 9.69 Å². The highest BCUT2D eigenvalue weighted by Gasteiger charge is 2.31. The average molecular weight is 285 g/mol. The Hall–Kier alpha value is -1.20. The lowest BCUT2D eigenvalue weighted by Crippen LogP contribution is -2.24. The highest BCUT2D eigenvalue weighted by Crippen LogP contribution is 2.33. The van der Waals surface area contributed by atoms with Gasteiger partial charge in [0.1, 0.15) is 5.82 Å². The third-order valence-corrected chi connectivity index (χ3v) is 4.47. The van der Waals surface area contributed by atoms with E-state index >= 15 is 0 Å². The molecule has 3 nitrogen and oxygen atoms in total. The predicted molar refractivity (Wildman–Crippen MR) is 70.8 cm³/mol. The van der Waals surface area contributed by atoms with Crippen LogP contribution in [0.15, 0.2) is 18.2 Å². The van der Waals surface area contributed by atoms with Crippen molar-refractivity contribution < 1.29 is 9.18 Å². The molecule has 1 aliphatic rings. The average Bonchev–Trinajstić information content (AvgIpc) is 2.91. The van der Waals surface area contributed by atoms with Gasteiger partial charge in [-0.25, -0.2) is 9.37 Å². The maximum Gasteiger partial charge on any atom is 0.229 e. The van der Waals surface area contributed by atoms with Crippen LogP contribution < -0.4 is 4.90 Å². The lowest BCUT2D eigenvalue weighted by atomic mass is 10.2. The summed E-state index contributed by atoms with van der Waals surface area (Å²) in [5.74, 6) is 0.411. The topological polar surface area (TPSA) is 33.2 Å². The summed E-state index contributed by atoms with van der Waals surface area (Å²) in [6.45, 7) is 0.602. The van der Waals surface area contributed by atoms with Crippen LogP contribution in [-0.4, -0.2) is 23.3 Å². The van der Waals surface area contributed by atoms with Crippen molar-refractivity contribution in [1.82, 2.24) is 4.98 Å². The standard InChI is InChI=1S/C12H10ClFN2OS/c13-5-7-3-11(17)16(6-7)12-15-9-2-1-8(14)4-10(9)18-12/h1-2,4,7H,3,5-6H2. The quantitative estimate of drug-likeness (QED) is 0.794. The number of hydrogen-bond acceptors (Lipinski definition) is 3. The number of aromatic nitrogens is 1. The molecule has 1 saturated heterocycles. The van der Waals surface area contributed by atoms with Gasteiger partial charge in [0.05, 0.1) is 10.2 Å². The summed E-state index contributed by atoms with van der Waals surface area (Å²) in [6.07, 6.45) is 0.466. The van der Waals surface area contributed by atoms with Gasteiger partial charge in [-0.15, -0.1) is 11.6 Å². The highest BCUT2D eigenvalue weighted by atomic mass is 35.5. The van der Waals surface area contributed by atoms with Crippen molar-refractivity contribution >= 4 is 44.2 Å². The molecule has 1 aromatic carbocycles. The molecule has 2 heterocycles. The normalized spacial score (nSPS) is 20.0. The number of alkyl halides is 1. The number of nitrogens with zero attached hydrogens (tertiary/aromatic N) is 2. The number of halogens is 2. The lowest BCUT2D eigenvalue weighted by Gasteiger charge is -2.11. The third-order valence-electron chi connectivity index (χ3n) is 2.99. The second-order valence-corrected chi connectivity index (χ2v) is 5.65. The Morgan fingerprint density at radius 2 is 2.39 bits per heavy atom. The SMILES string of the molecule is O=C1CC(CCl)CN1c1nc2ccc(F)cc2s1. The zero-order valence-corrected chi connectivity index (χ0v) is 11.0. The van der Waals surface area contributed by atoms with Gasteiger partial charge in [0.15, 0.2) is 5.13 Å². The van der Waals surface area contributed by atoms with Crippen LogP contribution in [0.5, 0.6) is 0 Å². The van der Waals surface area contributed by atoms with Gasteiger partial charge in [0.25, 0.3) is 0 Å². The number of thiazole rings is 1. The fourth-order valence-electron chi connectivity index (χ4n) is 2.07. The number of benzene rings is 1. The minimum atomic E-state index is -0.288. The molecule has 3 rings (SSSR count). The summed E-state index contributed by atoms with van der Waals surface area (Å²) in [7, 11) is 0. The first-order valence-corrected chi connectivity index (χ1v) is 6.95.